The standard InChI is InChI=1S/C27H25F3N6O2/c1-14-24(35(2)34-33-14)16-10-21-23(32-13-16)18-4-7-31-27(37-3)26(18)36(21)25(15-5-8-38-9-6-15)22-19(29)11-17(28)12-20(22)30/h4,7,10-13,15,25H,5-6,8-9H2,1-3H3. The van der Waals surface area contributed by atoms with Gasteiger partial charge in [0.15, 0.2) is 0 Å². The van der Waals surface area contributed by atoms with Gasteiger partial charge in [-0.25, -0.2) is 22.8 Å². The highest BCUT2D eigenvalue weighted by molar-refractivity contribution is 6.08. The summed E-state index contributed by atoms with van der Waals surface area (Å²) < 4.78 is 59.7. The van der Waals surface area contributed by atoms with Crippen molar-refractivity contribution < 1.29 is 22.6 Å². The zero-order valence-electron chi connectivity index (χ0n) is 21.1. The van der Waals surface area contributed by atoms with Crippen LogP contribution in [0.4, 0.5) is 13.2 Å². The van der Waals surface area contributed by atoms with Gasteiger partial charge >= 0.3 is 0 Å². The average Bonchev–Trinajstić information content (AvgIpc) is 3.42. The topological polar surface area (TPSA) is 79.9 Å². The van der Waals surface area contributed by atoms with Gasteiger partial charge in [0.25, 0.3) is 0 Å². The van der Waals surface area contributed by atoms with Crippen LogP contribution in [0.15, 0.2) is 36.7 Å². The van der Waals surface area contributed by atoms with E-state index in [2.05, 4.69) is 15.3 Å². The number of halogens is 3. The van der Waals surface area contributed by atoms with Gasteiger partial charge < -0.3 is 14.0 Å². The van der Waals surface area contributed by atoms with Gasteiger partial charge in [0.2, 0.25) is 5.88 Å². The Hall–Kier alpha value is -3.99. The first kappa shape index (κ1) is 24.4. The van der Waals surface area contributed by atoms with Crippen LogP contribution in [-0.2, 0) is 11.8 Å². The largest absolute Gasteiger partial charge is 0.479 e. The number of nitrogens with zero attached hydrogens (tertiary/aromatic N) is 6. The predicted octanol–water partition coefficient (Wildman–Crippen LogP) is 5.13. The van der Waals surface area contributed by atoms with E-state index < -0.39 is 23.5 Å². The lowest BCUT2D eigenvalue weighted by Crippen LogP contribution is -2.28. The van der Waals surface area contributed by atoms with Crippen LogP contribution in [0.1, 0.15) is 30.1 Å². The Morgan fingerprint density at radius 2 is 1.82 bits per heavy atom. The lowest BCUT2D eigenvalue weighted by atomic mass is 9.86. The van der Waals surface area contributed by atoms with Gasteiger partial charge in [-0.05, 0) is 37.8 Å². The number of benzene rings is 1. The number of methoxy groups -OCH3 is 1. The van der Waals surface area contributed by atoms with Gasteiger partial charge in [-0.3, -0.25) is 4.98 Å². The lowest BCUT2D eigenvalue weighted by molar-refractivity contribution is 0.0543. The molecule has 5 aromatic rings. The quantitative estimate of drug-likeness (QED) is 0.318. The highest BCUT2D eigenvalue weighted by Crippen LogP contribution is 2.44. The number of aromatic nitrogens is 6. The van der Waals surface area contributed by atoms with Crippen LogP contribution in [-0.4, -0.2) is 49.9 Å². The van der Waals surface area contributed by atoms with E-state index in [1.165, 1.54) is 7.11 Å². The second-order valence-electron chi connectivity index (χ2n) is 9.50. The molecule has 1 aliphatic rings. The van der Waals surface area contributed by atoms with Crippen molar-refractivity contribution in [2.75, 3.05) is 20.3 Å². The van der Waals surface area contributed by atoms with Crippen LogP contribution < -0.4 is 4.74 Å². The molecule has 0 aliphatic carbocycles. The van der Waals surface area contributed by atoms with Crippen LogP contribution in [0.2, 0.25) is 0 Å². The Kier molecular flexibility index (Phi) is 6.02. The molecule has 1 unspecified atom stereocenters. The van der Waals surface area contributed by atoms with Crippen molar-refractivity contribution in [3.05, 3.63) is 65.4 Å². The first-order valence-electron chi connectivity index (χ1n) is 12.3. The second kappa shape index (κ2) is 9.39. The van der Waals surface area contributed by atoms with Gasteiger partial charge in [0.05, 0.1) is 35.6 Å². The number of rotatable bonds is 5. The summed E-state index contributed by atoms with van der Waals surface area (Å²) in [5.74, 6) is -2.80. The number of ether oxygens (including phenoxy) is 2. The van der Waals surface area contributed by atoms with Crippen molar-refractivity contribution in [1.29, 1.82) is 0 Å². The van der Waals surface area contributed by atoms with Gasteiger partial charge in [-0.1, -0.05) is 5.21 Å². The van der Waals surface area contributed by atoms with Crippen molar-refractivity contribution >= 4 is 21.9 Å². The number of pyridine rings is 2. The lowest BCUT2D eigenvalue weighted by Gasteiger charge is -2.33. The van der Waals surface area contributed by atoms with Gasteiger partial charge in [-0.2, -0.15) is 0 Å². The van der Waals surface area contributed by atoms with Crippen LogP contribution in [0.25, 0.3) is 33.2 Å². The van der Waals surface area contributed by atoms with E-state index in [1.54, 1.807) is 30.2 Å². The molecule has 11 heteroatoms. The first-order chi connectivity index (χ1) is 18.4. The molecule has 0 radical (unpaired) electrons. The van der Waals surface area contributed by atoms with Crippen molar-refractivity contribution in [2.24, 2.45) is 13.0 Å². The number of hydrogen-bond donors (Lipinski definition) is 0. The summed E-state index contributed by atoms with van der Waals surface area (Å²) in [5, 5.41) is 8.98. The summed E-state index contributed by atoms with van der Waals surface area (Å²) in [5.41, 5.74) is 3.81. The van der Waals surface area contributed by atoms with Gasteiger partial charge in [-0.15, -0.1) is 5.10 Å². The molecule has 1 atom stereocenters. The van der Waals surface area contributed by atoms with E-state index in [0.717, 1.165) is 28.8 Å². The minimum Gasteiger partial charge on any atom is -0.479 e. The van der Waals surface area contributed by atoms with E-state index in [-0.39, 0.29) is 11.5 Å². The molecule has 8 nitrogen and oxygen atoms in total. The Balaban J connectivity index is 1.74. The molecule has 1 aliphatic heterocycles. The molecule has 0 amide bonds. The third kappa shape index (κ3) is 3.80. The van der Waals surface area contributed by atoms with Crippen molar-refractivity contribution in [3.63, 3.8) is 0 Å². The molecule has 0 N–H and O–H groups in total. The highest BCUT2D eigenvalue weighted by atomic mass is 19.1. The van der Waals surface area contributed by atoms with Gasteiger partial charge in [0, 0.05) is 61.3 Å². The Labute approximate surface area is 216 Å². The Morgan fingerprint density at radius 1 is 1.08 bits per heavy atom. The van der Waals surface area contributed by atoms with E-state index in [0.29, 0.717) is 54.2 Å². The summed E-state index contributed by atoms with van der Waals surface area (Å²) in [7, 11) is 3.28. The van der Waals surface area contributed by atoms with Gasteiger partial charge in [0.1, 0.15) is 23.0 Å². The SMILES string of the molecule is COc1nccc2c3ncc(-c4c(C)nnn4C)cc3n(C(c3c(F)cc(F)cc3F)C3CCOCC3)c12. The number of hydrogen-bond acceptors (Lipinski definition) is 6. The maximum atomic E-state index is 15.5. The molecule has 1 saturated heterocycles. The predicted molar refractivity (Wildman–Crippen MR) is 134 cm³/mol. The minimum atomic E-state index is -0.973. The summed E-state index contributed by atoms with van der Waals surface area (Å²) >= 11 is 0. The molecule has 38 heavy (non-hydrogen) atoms. The Bertz CT molecular complexity index is 1630. The van der Waals surface area contributed by atoms with E-state index in [1.807, 2.05) is 17.6 Å². The molecular weight excluding hydrogens is 497 g/mol. The molecular formula is C27H25F3N6O2. The molecule has 196 valence electrons. The highest BCUT2D eigenvalue weighted by Gasteiger charge is 2.35. The van der Waals surface area contributed by atoms with Crippen LogP contribution in [0.3, 0.4) is 0 Å². The van der Waals surface area contributed by atoms with E-state index in [9.17, 15) is 4.39 Å². The fraction of sp³-hybridized carbons (Fsp3) is 0.333. The fourth-order valence-corrected chi connectivity index (χ4v) is 5.69. The summed E-state index contributed by atoms with van der Waals surface area (Å²) in [6.45, 7) is 2.74. The van der Waals surface area contributed by atoms with E-state index >= 15 is 8.78 Å². The molecule has 1 fully saturated rings. The maximum absolute atomic E-state index is 15.5. The molecule has 0 spiro atoms. The van der Waals surface area contributed by atoms with E-state index in [4.69, 9.17) is 14.5 Å². The molecule has 6 rings (SSSR count). The molecule has 0 saturated carbocycles. The number of aryl methyl sites for hydroxylation is 2. The molecule has 5 heterocycles. The second-order valence-corrected chi connectivity index (χ2v) is 9.50. The summed E-state index contributed by atoms with van der Waals surface area (Å²) in [6.07, 6.45) is 4.45. The maximum Gasteiger partial charge on any atom is 0.238 e. The molecule has 4 aromatic heterocycles. The third-order valence-electron chi connectivity index (χ3n) is 7.31. The monoisotopic (exact) mass is 522 g/mol. The zero-order valence-corrected chi connectivity index (χ0v) is 21.1. The fourth-order valence-electron chi connectivity index (χ4n) is 5.69. The van der Waals surface area contributed by atoms with Crippen LogP contribution >= 0.6 is 0 Å². The van der Waals surface area contributed by atoms with Crippen LogP contribution in [0, 0.1) is 30.3 Å². The average molecular weight is 523 g/mol. The summed E-state index contributed by atoms with van der Waals surface area (Å²) in [4.78, 5) is 9.17. The molecule has 1 aromatic carbocycles. The Morgan fingerprint density at radius 3 is 2.47 bits per heavy atom. The summed E-state index contributed by atoms with van der Waals surface area (Å²) in [6, 6.07) is 4.32. The molecule has 0 bridgehead atoms. The zero-order chi connectivity index (χ0) is 26.6. The normalized spacial score (nSPS) is 15.4. The van der Waals surface area contributed by atoms with Crippen molar-refractivity contribution in [3.8, 4) is 17.1 Å². The van der Waals surface area contributed by atoms with Crippen molar-refractivity contribution in [1.82, 2.24) is 29.5 Å². The smallest absolute Gasteiger partial charge is 0.238 e. The van der Waals surface area contributed by atoms with Crippen molar-refractivity contribution in [2.45, 2.75) is 25.8 Å². The third-order valence-corrected chi connectivity index (χ3v) is 7.31. The first-order valence-corrected chi connectivity index (χ1v) is 12.3. The van der Waals surface area contributed by atoms with Crippen LogP contribution in [0.5, 0.6) is 5.88 Å². The minimum absolute atomic E-state index is 0.216. The number of fused-ring (bicyclic) bond motifs is 3.